The van der Waals surface area contributed by atoms with E-state index in [9.17, 15) is 0 Å². The Morgan fingerprint density at radius 3 is 2.78 bits per heavy atom. The summed E-state index contributed by atoms with van der Waals surface area (Å²) < 4.78 is 11.4. The van der Waals surface area contributed by atoms with Crippen LogP contribution in [-0.2, 0) is 9.47 Å². The number of hydrogen-bond acceptors (Lipinski definition) is 3. The summed E-state index contributed by atoms with van der Waals surface area (Å²) in [6, 6.07) is 0.692. The van der Waals surface area contributed by atoms with E-state index in [1.807, 2.05) is 0 Å². The first-order valence-electron chi connectivity index (χ1n) is 7.32. The number of hydrogen-bond donors (Lipinski definition) is 0. The topological polar surface area (TPSA) is 21.7 Å². The smallest absolute Gasteiger partial charge is 0.0730 e. The van der Waals surface area contributed by atoms with Crippen molar-refractivity contribution in [3.63, 3.8) is 0 Å². The number of fused-ring (bicyclic) bond motifs is 1. The highest BCUT2D eigenvalue weighted by atomic mass is 79.9. The lowest BCUT2D eigenvalue weighted by Gasteiger charge is -2.45. The van der Waals surface area contributed by atoms with Crippen molar-refractivity contribution in [2.24, 2.45) is 5.41 Å². The maximum Gasteiger partial charge on any atom is 0.0730 e. The van der Waals surface area contributed by atoms with E-state index in [4.69, 9.17) is 9.47 Å². The van der Waals surface area contributed by atoms with E-state index in [0.29, 0.717) is 17.6 Å². The Hall–Kier alpha value is 0.360. The second-order valence-electron chi connectivity index (χ2n) is 6.12. The van der Waals surface area contributed by atoms with Gasteiger partial charge in [-0.25, -0.2) is 0 Å². The first kappa shape index (κ1) is 13.3. The summed E-state index contributed by atoms with van der Waals surface area (Å²) in [6.45, 7) is 5.15. The van der Waals surface area contributed by atoms with Gasteiger partial charge < -0.3 is 9.47 Å². The molecule has 18 heavy (non-hydrogen) atoms. The molecule has 0 aromatic heterocycles. The maximum absolute atomic E-state index is 5.91. The van der Waals surface area contributed by atoms with Crippen LogP contribution in [0.5, 0.6) is 0 Å². The summed E-state index contributed by atoms with van der Waals surface area (Å²) in [5.74, 6) is 0. The fourth-order valence-electron chi connectivity index (χ4n) is 3.77. The van der Waals surface area contributed by atoms with Gasteiger partial charge in [-0.1, -0.05) is 15.9 Å². The normalized spacial score (nSPS) is 36.5. The van der Waals surface area contributed by atoms with E-state index in [0.717, 1.165) is 31.7 Å². The van der Waals surface area contributed by atoms with E-state index in [1.165, 1.54) is 38.6 Å². The molecule has 0 amide bonds. The molecule has 2 unspecified atom stereocenters. The third-order valence-electron chi connectivity index (χ3n) is 4.97. The van der Waals surface area contributed by atoms with Gasteiger partial charge in [-0.3, -0.25) is 4.90 Å². The third-order valence-corrected chi connectivity index (χ3v) is 6.16. The van der Waals surface area contributed by atoms with E-state index in [1.54, 1.807) is 0 Å². The van der Waals surface area contributed by atoms with Crippen LogP contribution in [0.1, 0.15) is 32.1 Å². The molecule has 2 saturated heterocycles. The molecule has 0 N–H and O–H groups in total. The molecule has 2 atom stereocenters. The molecule has 104 valence electrons. The number of ether oxygens (including phenoxy) is 2. The van der Waals surface area contributed by atoms with Crippen molar-refractivity contribution in [1.82, 2.24) is 4.90 Å². The highest BCUT2D eigenvalue weighted by Crippen LogP contribution is 2.37. The zero-order valence-corrected chi connectivity index (χ0v) is 12.7. The summed E-state index contributed by atoms with van der Waals surface area (Å²) in [5, 5.41) is 1.11. The van der Waals surface area contributed by atoms with Crippen LogP contribution in [0.4, 0.5) is 0 Å². The summed E-state index contributed by atoms with van der Waals surface area (Å²) in [7, 11) is 0. The minimum atomic E-state index is 0.433. The number of alkyl halides is 1. The van der Waals surface area contributed by atoms with Crippen molar-refractivity contribution in [2.45, 2.75) is 44.2 Å². The van der Waals surface area contributed by atoms with Crippen molar-refractivity contribution in [3.05, 3.63) is 0 Å². The van der Waals surface area contributed by atoms with Crippen LogP contribution in [0.3, 0.4) is 0 Å². The van der Waals surface area contributed by atoms with Gasteiger partial charge in [-0.15, -0.1) is 0 Å². The summed E-state index contributed by atoms with van der Waals surface area (Å²) in [6.07, 6.45) is 6.87. The van der Waals surface area contributed by atoms with E-state index >= 15 is 0 Å². The highest BCUT2D eigenvalue weighted by Gasteiger charge is 2.41. The van der Waals surface area contributed by atoms with Gasteiger partial charge in [0, 0.05) is 37.7 Å². The lowest BCUT2D eigenvalue weighted by molar-refractivity contribution is -0.0782. The van der Waals surface area contributed by atoms with Gasteiger partial charge in [-0.05, 0) is 37.5 Å². The van der Waals surface area contributed by atoms with E-state index in [-0.39, 0.29) is 0 Å². The van der Waals surface area contributed by atoms with Crippen LogP contribution >= 0.6 is 15.9 Å². The van der Waals surface area contributed by atoms with Crippen molar-refractivity contribution >= 4 is 15.9 Å². The zero-order valence-electron chi connectivity index (χ0n) is 11.1. The maximum atomic E-state index is 5.91. The first-order chi connectivity index (χ1) is 8.83. The quantitative estimate of drug-likeness (QED) is 0.746. The lowest BCUT2D eigenvalue weighted by Crippen LogP contribution is -2.53. The predicted octanol–water partition coefficient (Wildman–Crippen LogP) is 2.43. The summed E-state index contributed by atoms with van der Waals surface area (Å²) in [5.41, 5.74) is 0.433. The first-order valence-corrected chi connectivity index (χ1v) is 8.45. The lowest BCUT2D eigenvalue weighted by atomic mass is 9.81. The molecule has 3 aliphatic rings. The van der Waals surface area contributed by atoms with Crippen LogP contribution in [0.25, 0.3) is 0 Å². The van der Waals surface area contributed by atoms with Gasteiger partial charge in [0.2, 0.25) is 0 Å². The zero-order chi connectivity index (χ0) is 12.4. The van der Waals surface area contributed by atoms with Gasteiger partial charge in [0.25, 0.3) is 0 Å². The average Bonchev–Trinajstić information content (AvgIpc) is 2.89. The van der Waals surface area contributed by atoms with Crippen LogP contribution in [0.2, 0.25) is 0 Å². The second kappa shape index (κ2) is 5.78. The Balaban J connectivity index is 1.66. The third kappa shape index (κ3) is 2.62. The van der Waals surface area contributed by atoms with E-state index < -0.39 is 0 Å². The molecule has 0 spiro atoms. The minimum Gasteiger partial charge on any atom is -0.381 e. The van der Waals surface area contributed by atoms with Gasteiger partial charge in [0.15, 0.2) is 0 Å². The standard InChI is InChI=1S/C14H24BrNO2/c15-10-14(4-7-17-8-5-14)11-16-6-9-18-13-3-1-2-12(13)16/h12-13H,1-11H2. The average molecular weight is 318 g/mol. The largest absolute Gasteiger partial charge is 0.381 e. The van der Waals surface area contributed by atoms with Crippen molar-refractivity contribution in [1.29, 1.82) is 0 Å². The molecule has 2 aliphatic heterocycles. The van der Waals surface area contributed by atoms with Gasteiger partial charge in [0.05, 0.1) is 12.7 Å². The summed E-state index contributed by atoms with van der Waals surface area (Å²) in [4.78, 5) is 2.72. The molecule has 1 saturated carbocycles. The molecule has 0 bridgehead atoms. The monoisotopic (exact) mass is 317 g/mol. The van der Waals surface area contributed by atoms with Crippen LogP contribution < -0.4 is 0 Å². The molecule has 3 nitrogen and oxygen atoms in total. The van der Waals surface area contributed by atoms with Gasteiger partial charge in [0.1, 0.15) is 0 Å². The molecule has 3 fully saturated rings. The highest BCUT2D eigenvalue weighted by molar-refractivity contribution is 9.09. The van der Waals surface area contributed by atoms with Crippen LogP contribution in [0.15, 0.2) is 0 Å². The molecule has 0 aromatic carbocycles. The fourth-order valence-corrected chi connectivity index (χ4v) is 4.51. The fraction of sp³-hybridized carbons (Fsp3) is 1.00. The molecule has 4 heteroatoms. The van der Waals surface area contributed by atoms with Crippen molar-refractivity contribution in [2.75, 3.05) is 38.2 Å². The Labute approximate surface area is 118 Å². The molecule has 3 rings (SSSR count). The number of rotatable bonds is 3. The van der Waals surface area contributed by atoms with Crippen molar-refractivity contribution in [3.8, 4) is 0 Å². The molecule has 1 aliphatic carbocycles. The molecule has 0 radical (unpaired) electrons. The number of nitrogens with zero attached hydrogens (tertiary/aromatic N) is 1. The minimum absolute atomic E-state index is 0.433. The van der Waals surface area contributed by atoms with Crippen molar-refractivity contribution < 1.29 is 9.47 Å². The van der Waals surface area contributed by atoms with E-state index in [2.05, 4.69) is 20.8 Å². The number of halogens is 1. The van der Waals surface area contributed by atoms with Gasteiger partial charge in [-0.2, -0.15) is 0 Å². The second-order valence-corrected chi connectivity index (χ2v) is 6.68. The Morgan fingerprint density at radius 2 is 2.00 bits per heavy atom. The molecular formula is C14H24BrNO2. The SMILES string of the molecule is BrCC1(CN2CCOC3CCCC32)CCOCC1. The van der Waals surface area contributed by atoms with Crippen LogP contribution in [-0.4, -0.2) is 55.3 Å². The predicted molar refractivity (Wildman–Crippen MR) is 75.2 cm³/mol. The molecule has 2 heterocycles. The molecule has 0 aromatic rings. The Bertz CT molecular complexity index is 281. The summed E-state index contributed by atoms with van der Waals surface area (Å²) >= 11 is 3.75. The number of morpholine rings is 1. The Kier molecular flexibility index (Phi) is 4.28. The van der Waals surface area contributed by atoms with Gasteiger partial charge >= 0.3 is 0 Å². The Morgan fingerprint density at radius 1 is 1.17 bits per heavy atom. The molecular weight excluding hydrogens is 294 g/mol. The van der Waals surface area contributed by atoms with Crippen LogP contribution in [0, 0.1) is 5.41 Å².